The third kappa shape index (κ3) is 2.89. The maximum atomic E-state index is 6.39. The van der Waals surface area contributed by atoms with Crippen molar-refractivity contribution in [1.29, 1.82) is 0 Å². The van der Waals surface area contributed by atoms with E-state index < -0.39 is 4.33 Å². The van der Waals surface area contributed by atoms with Crippen LogP contribution in [0.1, 0.15) is 11.1 Å². The van der Waals surface area contributed by atoms with E-state index in [1.807, 2.05) is 0 Å². The summed E-state index contributed by atoms with van der Waals surface area (Å²) in [6.45, 7) is 0. The van der Waals surface area contributed by atoms with Crippen LogP contribution < -0.4 is 0 Å². The molecule has 0 nitrogen and oxygen atoms in total. The second-order valence-corrected chi connectivity index (χ2v) is 6.29. The highest BCUT2D eigenvalue weighted by Gasteiger charge is 2.29. The van der Waals surface area contributed by atoms with Gasteiger partial charge in [-0.1, -0.05) is 76.2 Å². The van der Waals surface area contributed by atoms with Gasteiger partial charge in [0, 0.05) is 5.02 Å². The van der Waals surface area contributed by atoms with Crippen molar-refractivity contribution in [3.63, 3.8) is 0 Å². The predicted molar refractivity (Wildman–Crippen MR) is 80.4 cm³/mol. The average molecular weight is 340 g/mol. The largest absolute Gasteiger partial charge is 0.168 e. The molecule has 2 aromatic rings. The summed E-state index contributed by atoms with van der Waals surface area (Å²) in [6, 6.07) is 12.1. The Bertz CT molecular complexity index is 577. The highest BCUT2D eigenvalue weighted by molar-refractivity contribution is 6.50. The van der Waals surface area contributed by atoms with E-state index in [1.165, 1.54) is 0 Å². The highest BCUT2D eigenvalue weighted by atomic mass is 35.5. The van der Waals surface area contributed by atoms with Gasteiger partial charge in [0.2, 0.25) is 0 Å². The zero-order valence-corrected chi connectivity index (χ0v) is 12.7. The first-order valence-corrected chi connectivity index (χ1v) is 6.89. The Labute approximate surface area is 130 Å². The molecule has 0 spiro atoms. The van der Waals surface area contributed by atoms with Gasteiger partial charge in [0.25, 0.3) is 0 Å². The number of alkyl halides is 2. The topological polar surface area (TPSA) is 0 Å². The second-order valence-electron chi connectivity index (χ2n) is 3.71. The summed E-state index contributed by atoms with van der Waals surface area (Å²) in [5, 5.41) is 1.43. The van der Waals surface area contributed by atoms with Crippen LogP contribution in [0.25, 0.3) is 0 Å². The Morgan fingerprint density at radius 1 is 0.722 bits per heavy atom. The molecule has 0 heterocycles. The Hall–Kier alpha value is -0.110. The van der Waals surface area contributed by atoms with Crippen LogP contribution in [0.5, 0.6) is 0 Å². The summed E-state index contributed by atoms with van der Waals surface area (Å²) in [5.41, 5.74) is 1.32. The molecular formula is C13H7Cl5. The number of benzene rings is 2. The molecule has 0 aliphatic rings. The number of halogens is 5. The Kier molecular flexibility index (Phi) is 4.36. The van der Waals surface area contributed by atoms with Gasteiger partial charge in [0.15, 0.2) is 4.33 Å². The summed E-state index contributed by atoms with van der Waals surface area (Å²) in [6.07, 6.45) is 0. The van der Waals surface area contributed by atoms with Crippen LogP contribution in [0, 0.1) is 0 Å². The Balaban J connectivity index is 2.50. The van der Waals surface area contributed by atoms with E-state index in [0.717, 1.165) is 0 Å². The summed E-state index contributed by atoms with van der Waals surface area (Å²) in [5.74, 6) is 0. The first-order chi connectivity index (χ1) is 8.41. The van der Waals surface area contributed by atoms with Crippen LogP contribution in [0.2, 0.25) is 15.1 Å². The van der Waals surface area contributed by atoms with Gasteiger partial charge in [-0.25, -0.2) is 0 Å². The number of hydrogen-bond donors (Lipinski definition) is 0. The van der Waals surface area contributed by atoms with E-state index in [-0.39, 0.29) is 0 Å². The molecule has 94 valence electrons. The first-order valence-electron chi connectivity index (χ1n) is 5.00. The molecule has 2 aromatic carbocycles. The van der Waals surface area contributed by atoms with Crippen molar-refractivity contribution < 1.29 is 0 Å². The van der Waals surface area contributed by atoms with Crippen molar-refractivity contribution >= 4 is 58.0 Å². The highest BCUT2D eigenvalue weighted by Crippen LogP contribution is 2.43. The van der Waals surface area contributed by atoms with Gasteiger partial charge in [-0.05, 0) is 35.4 Å². The fraction of sp³-hybridized carbons (Fsp3) is 0.0769. The van der Waals surface area contributed by atoms with E-state index in [9.17, 15) is 0 Å². The van der Waals surface area contributed by atoms with Crippen molar-refractivity contribution in [2.75, 3.05) is 0 Å². The summed E-state index contributed by atoms with van der Waals surface area (Å²) < 4.78 is -1.22. The van der Waals surface area contributed by atoms with Crippen molar-refractivity contribution in [1.82, 2.24) is 0 Å². The lowest BCUT2D eigenvalue weighted by molar-refractivity contribution is 1.04. The first kappa shape index (κ1) is 14.3. The van der Waals surface area contributed by atoms with E-state index in [0.29, 0.717) is 26.2 Å². The van der Waals surface area contributed by atoms with Gasteiger partial charge < -0.3 is 0 Å². The number of hydrogen-bond acceptors (Lipinski definition) is 0. The molecule has 0 aliphatic carbocycles. The fourth-order valence-electron chi connectivity index (χ4n) is 1.54. The average Bonchev–Trinajstić information content (AvgIpc) is 2.32. The van der Waals surface area contributed by atoms with Crippen LogP contribution in [0.15, 0.2) is 42.5 Å². The minimum atomic E-state index is -1.22. The molecule has 0 fully saturated rings. The minimum absolute atomic E-state index is 0.405. The lowest BCUT2D eigenvalue weighted by atomic mass is 10.0. The normalized spacial score (nSPS) is 11.6. The van der Waals surface area contributed by atoms with Crippen LogP contribution >= 0.6 is 58.0 Å². The third-order valence-corrected chi connectivity index (χ3v) is 4.32. The maximum Gasteiger partial charge on any atom is 0.168 e. The van der Waals surface area contributed by atoms with E-state index in [1.54, 1.807) is 42.5 Å². The van der Waals surface area contributed by atoms with Gasteiger partial charge in [-0.15, -0.1) is 0 Å². The molecular weight excluding hydrogens is 333 g/mol. The zero-order chi connectivity index (χ0) is 13.3. The van der Waals surface area contributed by atoms with Crippen LogP contribution in [0.4, 0.5) is 0 Å². The van der Waals surface area contributed by atoms with E-state index >= 15 is 0 Å². The Morgan fingerprint density at radius 3 is 2.00 bits per heavy atom. The zero-order valence-electron chi connectivity index (χ0n) is 8.93. The quantitative estimate of drug-likeness (QED) is 0.561. The van der Waals surface area contributed by atoms with Gasteiger partial charge in [0.1, 0.15) is 0 Å². The van der Waals surface area contributed by atoms with Crippen LogP contribution in [-0.4, -0.2) is 0 Å². The third-order valence-electron chi connectivity index (χ3n) is 2.47. The van der Waals surface area contributed by atoms with Gasteiger partial charge in [0.05, 0.1) is 10.0 Å². The van der Waals surface area contributed by atoms with Crippen molar-refractivity contribution in [3.05, 3.63) is 68.7 Å². The lowest BCUT2D eigenvalue weighted by Crippen LogP contribution is -2.12. The molecule has 18 heavy (non-hydrogen) atoms. The fourth-order valence-corrected chi connectivity index (χ4v) is 2.50. The molecule has 5 heteroatoms. The molecule has 0 aliphatic heterocycles. The molecule has 0 radical (unpaired) electrons. The Morgan fingerprint density at radius 2 is 1.39 bits per heavy atom. The summed E-state index contributed by atoms with van der Waals surface area (Å²) in [4.78, 5) is 0. The molecule has 0 N–H and O–H groups in total. The molecule has 0 aromatic heterocycles. The maximum absolute atomic E-state index is 6.39. The minimum Gasteiger partial charge on any atom is -0.0909 e. The summed E-state index contributed by atoms with van der Waals surface area (Å²) >= 11 is 30.5. The lowest BCUT2D eigenvalue weighted by Gasteiger charge is -2.21. The van der Waals surface area contributed by atoms with Crippen LogP contribution in [0.3, 0.4) is 0 Å². The smallest absolute Gasteiger partial charge is 0.0909 e. The van der Waals surface area contributed by atoms with Gasteiger partial charge in [-0.3, -0.25) is 0 Å². The SMILES string of the molecule is Clc1cccc(C(Cl)(Cl)c2ccc(Cl)c(Cl)c2)c1. The van der Waals surface area contributed by atoms with E-state index in [2.05, 4.69) is 0 Å². The summed E-state index contributed by atoms with van der Waals surface area (Å²) in [7, 11) is 0. The van der Waals surface area contributed by atoms with Crippen molar-refractivity contribution in [3.8, 4) is 0 Å². The van der Waals surface area contributed by atoms with Crippen molar-refractivity contribution in [2.45, 2.75) is 4.33 Å². The molecule has 2 rings (SSSR count). The van der Waals surface area contributed by atoms with Crippen LogP contribution in [-0.2, 0) is 4.33 Å². The number of rotatable bonds is 2. The molecule has 0 amide bonds. The van der Waals surface area contributed by atoms with E-state index in [4.69, 9.17) is 58.0 Å². The molecule has 0 bridgehead atoms. The standard InChI is InChI=1S/C13H7Cl5/c14-10-3-1-2-8(6-10)13(17,18)9-4-5-11(15)12(16)7-9/h1-7H. The molecule has 0 unspecified atom stereocenters. The molecule has 0 saturated heterocycles. The second kappa shape index (κ2) is 5.48. The molecule has 0 saturated carbocycles. The monoisotopic (exact) mass is 338 g/mol. The predicted octanol–water partition coefficient (Wildman–Crippen LogP) is 6.33. The molecule has 0 atom stereocenters. The van der Waals surface area contributed by atoms with Gasteiger partial charge in [-0.2, -0.15) is 0 Å². The van der Waals surface area contributed by atoms with Crippen molar-refractivity contribution in [2.24, 2.45) is 0 Å². The van der Waals surface area contributed by atoms with Gasteiger partial charge >= 0.3 is 0 Å².